The molecule has 3 aromatic rings. The number of aryl methyl sites for hydroxylation is 2. The molecule has 4 nitrogen and oxygen atoms in total. The number of nitrogens with zero attached hydrogens (tertiary/aromatic N) is 4. The Hall–Kier alpha value is -2.53. The van der Waals surface area contributed by atoms with Crippen molar-refractivity contribution in [2.75, 3.05) is 6.54 Å². The van der Waals surface area contributed by atoms with Crippen LogP contribution in [0.1, 0.15) is 47.2 Å². The molecule has 0 bridgehead atoms. The number of aliphatic imine (C=N–C) groups is 1. The van der Waals surface area contributed by atoms with Crippen LogP contribution in [-0.4, -0.2) is 31.4 Å². The van der Waals surface area contributed by atoms with Crippen LogP contribution >= 0.6 is 11.8 Å². The van der Waals surface area contributed by atoms with Gasteiger partial charge in [-0.05, 0) is 62.2 Å². The van der Waals surface area contributed by atoms with Gasteiger partial charge >= 0.3 is 0 Å². The van der Waals surface area contributed by atoms with Gasteiger partial charge in [0.2, 0.25) is 0 Å². The molecule has 0 unspecified atom stereocenters. The third-order valence-corrected chi connectivity index (χ3v) is 7.03. The van der Waals surface area contributed by atoms with Crippen molar-refractivity contribution < 1.29 is 0 Å². The topological polar surface area (TPSA) is 33.4 Å². The number of amidine groups is 1. The average Bonchev–Trinajstić information content (AvgIpc) is 3.32. The second-order valence-electron chi connectivity index (χ2n) is 8.14. The van der Waals surface area contributed by atoms with E-state index in [2.05, 4.69) is 84.6 Å². The van der Waals surface area contributed by atoms with Gasteiger partial charge in [0.1, 0.15) is 6.04 Å². The summed E-state index contributed by atoms with van der Waals surface area (Å²) in [5.74, 6) is 0. The Kier molecular flexibility index (Phi) is 4.50. The Balaban J connectivity index is 1.63. The lowest BCUT2D eigenvalue weighted by Gasteiger charge is -2.27. The van der Waals surface area contributed by atoms with Crippen molar-refractivity contribution >= 4 is 16.9 Å². The lowest BCUT2D eigenvalue weighted by atomic mass is 9.96. The molecule has 1 fully saturated rings. The van der Waals surface area contributed by atoms with E-state index in [0.717, 1.165) is 12.2 Å². The summed E-state index contributed by atoms with van der Waals surface area (Å²) in [4.78, 5) is 12.3. The molecule has 0 spiro atoms. The lowest BCUT2D eigenvalue weighted by molar-refractivity contribution is 0.320. The normalized spacial score (nSPS) is 23.4. The van der Waals surface area contributed by atoms with Crippen molar-refractivity contribution in [1.82, 2.24) is 14.5 Å². The van der Waals surface area contributed by atoms with Gasteiger partial charge in [0.15, 0.2) is 5.17 Å². The lowest BCUT2D eigenvalue weighted by Crippen LogP contribution is -2.28. The van der Waals surface area contributed by atoms with Gasteiger partial charge in [-0.15, -0.1) is 0 Å². The number of aromatic nitrogens is 2. The highest BCUT2D eigenvalue weighted by Gasteiger charge is 2.44. The molecule has 5 rings (SSSR count). The maximum Gasteiger partial charge on any atom is 0.160 e. The van der Waals surface area contributed by atoms with Gasteiger partial charge < -0.3 is 9.47 Å². The number of thioether (sulfide) groups is 1. The molecule has 0 saturated carbocycles. The Morgan fingerprint density at radius 3 is 2.66 bits per heavy atom. The van der Waals surface area contributed by atoms with E-state index < -0.39 is 0 Å². The molecule has 29 heavy (non-hydrogen) atoms. The summed E-state index contributed by atoms with van der Waals surface area (Å²) in [5.41, 5.74) is 7.46. The molecule has 2 aliphatic rings. The van der Waals surface area contributed by atoms with Crippen LogP contribution in [0, 0.1) is 20.8 Å². The van der Waals surface area contributed by atoms with E-state index in [4.69, 9.17) is 4.99 Å². The molecule has 148 valence electrons. The second-order valence-corrected chi connectivity index (χ2v) is 9.54. The molecule has 0 radical (unpaired) electrons. The SMILES string of the molecule is Cc1cccc(-n2c(C)cc([C@@H]3[C@H](c4ccccn4)N=C4S[C@H](C)CN43)c2C)c1. The van der Waals surface area contributed by atoms with E-state index in [1.165, 1.54) is 33.4 Å². The second kappa shape index (κ2) is 7.06. The Labute approximate surface area is 176 Å². The molecule has 1 saturated heterocycles. The summed E-state index contributed by atoms with van der Waals surface area (Å²) in [6.45, 7) is 9.91. The quantitative estimate of drug-likeness (QED) is 0.589. The standard InChI is InChI=1S/C24H26N4S/c1-15-8-7-9-19(12-15)28-16(2)13-20(18(28)4)23-22(21-10-5-6-11-25-21)26-24-27(23)14-17(3)29-24/h5-13,17,22-23H,14H2,1-4H3/t17-,22+,23-/m1/s1. The van der Waals surface area contributed by atoms with Crippen LogP contribution in [0.4, 0.5) is 0 Å². The van der Waals surface area contributed by atoms with Gasteiger partial charge in [0.05, 0.1) is 11.7 Å². The van der Waals surface area contributed by atoms with Crippen molar-refractivity contribution in [2.45, 2.75) is 45.0 Å². The predicted octanol–water partition coefficient (Wildman–Crippen LogP) is 5.39. The van der Waals surface area contributed by atoms with Crippen molar-refractivity contribution in [3.05, 3.63) is 82.9 Å². The molecule has 3 atom stereocenters. The fraction of sp³-hybridized carbons (Fsp3) is 0.333. The van der Waals surface area contributed by atoms with E-state index >= 15 is 0 Å². The minimum atomic E-state index is 0.0395. The van der Waals surface area contributed by atoms with Gasteiger partial charge in [-0.25, -0.2) is 0 Å². The fourth-order valence-corrected chi connectivity index (χ4v) is 5.80. The highest BCUT2D eigenvalue weighted by molar-refractivity contribution is 8.14. The summed E-state index contributed by atoms with van der Waals surface area (Å²) in [6, 6.07) is 17.5. The molecule has 0 amide bonds. The Morgan fingerprint density at radius 2 is 1.90 bits per heavy atom. The first-order valence-corrected chi connectivity index (χ1v) is 11.1. The molecule has 1 aromatic carbocycles. The van der Waals surface area contributed by atoms with E-state index in [-0.39, 0.29) is 12.1 Å². The molecule has 2 aliphatic heterocycles. The monoisotopic (exact) mass is 402 g/mol. The number of hydrogen-bond donors (Lipinski definition) is 0. The largest absolute Gasteiger partial charge is 0.341 e. The average molecular weight is 403 g/mol. The van der Waals surface area contributed by atoms with Crippen LogP contribution in [0.25, 0.3) is 5.69 Å². The zero-order valence-corrected chi connectivity index (χ0v) is 18.1. The molecule has 2 aromatic heterocycles. The van der Waals surface area contributed by atoms with E-state index in [9.17, 15) is 0 Å². The van der Waals surface area contributed by atoms with Crippen molar-refractivity contribution in [3.63, 3.8) is 0 Å². The van der Waals surface area contributed by atoms with Gasteiger partial charge in [-0.3, -0.25) is 9.98 Å². The van der Waals surface area contributed by atoms with Gasteiger partial charge in [-0.1, -0.05) is 36.9 Å². The van der Waals surface area contributed by atoms with Gasteiger partial charge in [0.25, 0.3) is 0 Å². The minimum Gasteiger partial charge on any atom is -0.341 e. The summed E-state index contributed by atoms with van der Waals surface area (Å²) in [5, 5.41) is 1.74. The summed E-state index contributed by atoms with van der Waals surface area (Å²) in [7, 11) is 0. The summed E-state index contributed by atoms with van der Waals surface area (Å²) in [6.07, 6.45) is 1.88. The van der Waals surface area contributed by atoms with Crippen LogP contribution < -0.4 is 0 Å². The predicted molar refractivity (Wildman–Crippen MR) is 121 cm³/mol. The van der Waals surface area contributed by atoms with E-state index in [1.54, 1.807) is 0 Å². The smallest absolute Gasteiger partial charge is 0.160 e. The number of fused-ring (bicyclic) bond motifs is 1. The van der Waals surface area contributed by atoms with Gasteiger partial charge in [0, 0.05) is 35.1 Å². The Morgan fingerprint density at radius 1 is 1.03 bits per heavy atom. The fourth-order valence-electron chi connectivity index (χ4n) is 4.71. The molecule has 4 heterocycles. The van der Waals surface area contributed by atoms with E-state index in [0.29, 0.717) is 5.25 Å². The van der Waals surface area contributed by atoms with Crippen LogP contribution in [0.5, 0.6) is 0 Å². The van der Waals surface area contributed by atoms with Crippen molar-refractivity contribution in [2.24, 2.45) is 4.99 Å². The highest BCUT2D eigenvalue weighted by Crippen LogP contribution is 2.48. The first-order valence-electron chi connectivity index (χ1n) is 10.2. The molecular formula is C24H26N4S. The first-order chi connectivity index (χ1) is 14.0. The summed E-state index contributed by atoms with van der Waals surface area (Å²) >= 11 is 1.89. The zero-order valence-electron chi connectivity index (χ0n) is 17.3. The van der Waals surface area contributed by atoms with Crippen LogP contribution in [-0.2, 0) is 0 Å². The minimum absolute atomic E-state index is 0.0395. The van der Waals surface area contributed by atoms with Crippen molar-refractivity contribution in [3.8, 4) is 5.69 Å². The maximum absolute atomic E-state index is 5.13. The van der Waals surface area contributed by atoms with Crippen LogP contribution in [0.15, 0.2) is 59.7 Å². The number of hydrogen-bond acceptors (Lipinski definition) is 4. The van der Waals surface area contributed by atoms with Crippen LogP contribution in [0.3, 0.4) is 0 Å². The zero-order chi connectivity index (χ0) is 20.1. The maximum atomic E-state index is 5.13. The van der Waals surface area contributed by atoms with Crippen molar-refractivity contribution in [1.29, 1.82) is 0 Å². The highest BCUT2D eigenvalue weighted by atomic mass is 32.2. The third kappa shape index (κ3) is 3.08. The molecule has 0 N–H and O–H groups in total. The molecule has 0 aliphatic carbocycles. The molecule has 5 heteroatoms. The van der Waals surface area contributed by atoms with E-state index in [1.807, 2.05) is 24.0 Å². The van der Waals surface area contributed by atoms with Crippen LogP contribution in [0.2, 0.25) is 0 Å². The van der Waals surface area contributed by atoms with Gasteiger partial charge in [-0.2, -0.15) is 0 Å². The summed E-state index contributed by atoms with van der Waals surface area (Å²) < 4.78 is 2.38. The number of pyridine rings is 1. The number of rotatable bonds is 3. The number of benzene rings is 1. The third-order valence-electron chi connectivity index (χ3n) is 5.93. The Bertz CT molecular complexity index is 1090. The molecular weight excluding hydrogens is 376 g/mol. The first kappa shape index (κ1) is 18.5.